The Morgan fingerprint density at radius 1 is 1.00 bits per heavy atom. The van der Waals surface area contributed by atoms with E-state index in [1.54, 1.807) is 0 Å². The molecule has 0 aromatic heterocycles. The van der Waals surface area contributed by atoms with Gasteiger partial charge in [0.15, 0.2) is 0 Å². The monoisotopic (exact) mass is 186 g/mol. The van der Waals surface area contributed by atoms with Crippen LogP contribution < -0.4 is 0 Å². The summed E-state index contributed by atoms with van der Waals surface area (Å²) in [5, 5.41) is 0. The minimum atomic E-state index is 0.513. The van der Waals surface area contributed by atoms with Crippen LogP contribution in [0.1, 0.15) is 59.3 Å². The molecule has 80 valence electrons. The molecule has 0 aromatic carbocycles. The Bertz CT molecular complexity index is 99.3. The van der Waals surface area contributed by atoms with Crippen molar-refractivity contribution in [3.8, 4) is 0 Å². The van der Waals surface area contributed by atoms with Gasteiger partial charge in [-0.2, -0.15) is 0 Å². The van der Waals surface area contributed by atoms with Crippen LogP contribution in [0.3, 0.4) is 0 Å². The third-order valence-corrected chi connectivity index (χ3v) is 2.52. The summed E-state index contributed by atoms with van der Waals surface area (Å²) in [5.74, 6) is 0.837. The van der Waals surface area contributed by atoms with E-state index in [2.05, 4.69) is 20.8 Å². The van der Waals surface area contributed by atoms with Crippen LogP contribution in [0.2, 0.25) is 0 Å². The van der Waals surface area contributed by atoms with Gasteiger partial charge in [-0.15, -0.1) is 0 Å². The summed E-state index contributed by atoms with van der Waals surface area (Å²) in [7, 11) is 1.84. The zero-order valence-corrected chi connectivity index (χ0v) is 9.81. The van der Waals surface area contributed by atoms with Gasteiger partial charge >= 0.3 is 0 Å². The van der Waals surface area contributed by atoms with Crippen molar-refractivity contribution in [3.63, 3.8) is 0 Å². The third kappa shape index (κ3) is 8.29. The van der Waals surface area contributed by atoms with Crippen LogP contribution in [-0.2, 0) is 4.74 Å². The molecule has 0 radical (unpaired) electrons. The average Bonchev–Trinajstić information content (AvgIpc) is 2.10. The Morgan fingerprint density at radius 3 is 2.08 bits per heavy atom. The van der Waals surface area contributed by atoms with Crippen molar-refractivity contribution in [2.45, 2.75) is 65.4 Å². The van der Waals surface area contributed by atoms with Gasteiger partial charge in [-0.25, -0.2) is 0 Å². The molecular weight excluding hydrogens is 160 g/mol. The van der Waals surface area contributed by atoms with Gasteiger partial charge in [0.25, 0.3) is 0 Å². The highest BCUT2D eigenvalue weighted by molar-refractivity contribution is 4.58. The highest BCUT2D eigenvalue weighted by atomic mass is 16.5. The molecule has 0 heterocycles. The fourth-order valence-electron chi connectivity index (χ4n) is 1.57. The Kier molecular flexibility index (Phi) is 8.53. The van der Waals surface area contributed by atoms with Gasteiger partial charge < -0.3 is 4.74 Å². The first kappa shape index (κ1) is 13.0. The van der Waals surface area contributed by atoms with E-state index in [0.717, 1.165) is 5.92 Å². The molecule has 0 saturated carbocycles. The summed E-state index contributed by atoms with van der Waals surface area (Å²) in [5.41, 5.74) is 0. The van der Waals surface area contributed by atoms with Gasteiger partial charge in [-0.3, -0.25) is 0 Å². The van der Waals surface area contributed by atoms with Gasteiger partial charge in [0.2, 0.25) is 0 Å². The minimum absolute atomic E-state index is 0.513. The van der Waals surface area contributed by atoms with E-state index in [4.69, 9.17) is 4.74 Å². The molecule has 1 heteroatoms. The summed E-state index contributed by atoms with van der Waals surface area (Å²) in [6.07, 6.45) is 8.24. The lowest BCUT2D eigenvalue weighted by Gasteiger charge is -2.15. The molecular formula is C12H26O. The van der Waals surface area contributed by atoms with Crippen LogP contribution >= 0.6 is 0 Å². The average molecular weight is 186 g/mol. The van der Waals surface area contributed by atoms with Crippen LogP contribution in [0, 0.1) is 5.92 Å². The van der Waals surface area contributed by atoms with Crippen LogP contribution in [0.4, 0.5) is 0 Å². The lowest BCUT2D eigenvalue weighted by molar-refractivity contribution is 0.0830. The number of hydrogen-bond acceptors (Lipinski definition) is 1. The molecule has 0 saturated heterocycles. The van der Waals surface area contributed by atoms with Gasteiger partial charge in [0.05, 0.1) is 6.10 Å². The molecule has 0 aliphatic carbocycles. The van der Waals surface area contributed by atoms with Gasteiger partial charge in [0, 0.05) is 7.11 Å². The maximum atomic E-state index is 5.43. The van der Waals surface area contributed by atoms with Crippen molar-refractivity contribution in [2.24, 2.45) is 5.92 Å². The van der Waals surface area contributed by atoms with E-state index in [9.17, 15) is 0 Å². The largest absolute Gasteiger partial charge is 0.381 e. The van der Waals surface area contributed by atoms with Gasteiger partial charge in [-0.1, -0.05) is 46.5 Å². The highest BCUT2D eigenvalue weighted by Crippen LogP contribution is 2.14. The van der Waals surface area contributed by atoms with Crippen molar-refractivity contribution in [3.05, 3.63) is 0 Å². The summed E-state index contributed by atoms with van der Waals surface area (Å²) in [6.45, 7) is 6.81. The highest BCUT2D eigenvalue weighted by Gasteiger charge is 2.06. The standard InChI is InChI=1S/C12H26O/c1-5-6-9-12(13-4)10-7-8-11(2)3/h11-12H,5-10H2,1-4H3/t12-/m0/s1. The van der Waals surface area contributed by atoms with Crippen molar-refractivity contribution < 1.29 is 4.74 Å². The lowest BCUT2D eigenvalue weighted by atomic mass is 10.0. The Morgan fingerprint density at radius 2 is 1.62 bits per heavy atom. The second-order valence-electron chi connectivity index (χ2n) is 4.32. The molecule has 0 rings (SSSR count). The molecule has 0 aromatic rings. The maximum Gasteiger partial charge on any atom is 0.0571 e. The minimum Gasteiger partial charge on any atom is -0.381 e. The summed E-state index contributed by atoms with van der Waals surface area (Å²) >= 11 is 0. The normalized spacial score (nSPS) is 13.6. The SMILES string of the molecule is CCCC[C@@H](CCCC(C)C)OC. The van der Waals surface area contributed by atoms with Crippen LogP contribution in [-0.4, -0.2) is 13.2 Å². The molecule has 0 amide bonds. The molecule has 1 atom stereocenters. The van der Waals surface area contributed by atoms with Crippen molar-refractivity contribution in [1.82, 2.24) is 0 Å². The van der Waals surface area contributed by atoms with E-state index in [1.165, 1.54) is 38.5 Å². The number of unbranched alkanes of at least 4 members (excludes halogenated alkanes) is 1. The molecule has 0 aliphatic rings. The second-order valence-corrected chi connectivity index (χ2v) is 4.32. The van der Waals surface area contributed by atoms with Crippen molar-refractivity contribution in [2.75, 3.05) is 7.11 Å². The van der Waals surface area contributed by atoms with Crippen molar-refractivity contribution >= 4 is 0 Å². The lowest BCUT2D eigenvalue weighted by Crippen LogP contribution is -2.10. The predicted octanol–water partition coefficient (Wildman–Crippen LogP) is 4.02. The van der Waals surface area contributed by atoms with E-state index >= 15 is 0 Å². The summed E-state index contributed by atoms with van der Waals surface area (Å²) < 4.78 is 5.43. The smallest absolute Gasteiger partial charge is 0.0571 e. The molecule has 0 bridgehead atoms. The van der Waals surface area contributed by atoms with E-state index in [-0.39, 0.29) is 0 Å². The summed E-state index contributed by atoms with van der Waals surface area (Å²) in [6, 6.07) is 0. The summed E-state index contributed by atoms with van der Waals surface area (Å²) in [4.78, 5) is 0. The zero-order valence-electron chi connectivity index (χ0n) is 9.81. The topological polar surface area (TPSA) is 9.23 Å². The van der Waals surface area contributed by atoms with Gasteiger partial charge in [0.1, 0.15) is 0 Å². The van der Waals surface area contributed by atoms with Crippen LogP contribution in [0.5, 0.6) is 0 Å². The molecule has 0 unspecified atom stereocenters. The quantitative estimate of drug-likeness (QED) is 0.556. The zero-order chi connectivity index (χ0) is 10.1. The molecule has 1 nitrogen and oxygen atoms in total. The molecule has 0 aliphatic heterocycles. The van der Waals surface area contributed by atoms with E-state index in [1.807, 2.05) is 7.11 Å². The maximum absolute atomic E-state index is 5.43. The first-order valence-corrected chi connectivity index (χ1v) is 5.73. The van der Waals surface area contributed by atoms with Crippen molar-refractivity contribution in [1.29, 1.82) is 0 Å². The van der Waals surface area contributed by atoms with Gasteiger partial charge in [-0.05, 0) is 18.8 Å². The number of methoxy groups -OCH3 is 1. The molecule has 0 fully saturated rings. The fourth-order valence-corrected chi connectivity index (χ4v) is 1.57. The Hall–Kier alpha value is -0.0400. The fraction of sp³-hybridized carbons (Fsp3) is 1.00. The predicted molar refractivity (Wildman–Crippen MR) is 59.0 cm³/mol. The second kappa shape index (κ2) is 8.55. The number of rotatable bonds is 8. The molecule has 0 spiro atoms. The van der Waals surface area contributed by atoms with Crippen LogP contribution in [0.15, 0.2) is 0 Å². The van der Waals surface area contributed by atoms with E-state index < -0.39 is 0 Å². The van der Waals surface area contributed by atoms with Crippen LogP contribution in [0.25, 0.3) is 0 Å². The molecule has 0 N–H and O–H groups in total. The molecule has 13 heavy (non-hydrogen) atoms. The number of ether oxygens (including phenoxy) is 1. The Labute approximate surface area is 83.9 Å². The first-order chi connectivity index (χ1) is 6.20. The first-order valence-electron chi connectivity index (χ1n) is 5.73. The van der Waals surface area contributed by atoms with E-state index in [0.29, 0.717) is 6.10 Å². The Balaban J connectivity index is 3.36. The third-order valence-electron chi connectivity index (χ3n) is 2.52. The number of hydrogen-bond donors (Lipinski definition) is 0.